The number of benzene rings is 2. The number of anilines is 2. The third kappa shape index (κ3) is 2.01. The van der Waals surface area contributed by atoms with E-state index in [1.165, 1.54) is 0 Å². The Kier molecular flexibility index (Phi) is 2.63. The van der Waals surface area contributed by atoms with Crippen molar-refractivity contribution in [3.05, 3.63) is 53.8 Å². The third-order valence-electron chi connectivity index (χ3n) is 2.68. The zero-order valence-corrected chi connectivity index (χ0v) is 9.55. The molecule has 1 heterocycles. The number of aromatic amines is 1. The highest BCUT2D eigenvalue weighted by atomic mass is 19.2. The van der Waals surface area contributed by atoms with Crippen LogP contribution in [0.5, 0.6) is 0 Å². The molecule has 0 atom stereocenters. The number of rotatable bonds is 2. The summed E-state index contributed by atoms with van der Waals surface area (Å²) in [5, 5.41) is 2.58. The maximum atomic E-state index is 13.5. The van der Waals surface area contributed by atoms with Gasteiger partial charge < -0.3 is 10.3 Å². The van der Waals surface area contributed by atoms with Crippen molar-refractivity contribution in [3.8, 4) is 0 Å². The molecule has 3 rings (SSSR count). The Labute approximate surface area is 106 Å². The third-order valence-corrected chi connectivity index (χ3v) is 2.68. The minimum absolute atomic E-state index is 0.182. The Hall–Kier alpha value is -2.50. The molecule has 0 aliphatic rings. The molecule has 0 spiro atoms. The van der Waals surface area contributed by atoms with Crippen molar-refractivity contribution in [1.29, 1.82) is 0 Å². The molecule has 0 fully saturated rings. The van der Waals surface area contributed by atoms with E-state index in [1.54, 1.807) is 12.1 Å². The van der Waals surface area contributed by atoms with E-state index in [-0.39, 0.29) is 11.6 Å². The molecule has 19 heavy (non-hydrogen) atoms. The van der Waals surface area contributed by atoms with Gasteiger partial charge in [-0.3, -0.25) is 0 Å². The number of imidazole rings is 1. The largest absolute Gasteiger partial charge is 0.324 e. The Morgan fingerprint density at radius 3 is 2.53 bits per heavy atom. The topological polar surface area (TPSA) is 40.7 Å². The Morgan fingerprint density at radius 1 is 0.947 bits per heavy atom. The molecule has 3 nitrogen and oxygen atoms in total. The summed E-state index contributed by atoms with van der Waals surface area (Å²) in [4.78, 5) is 7.05. The summed E-state index contributed by atoms with van der Waals surface area (Å²) < 4.78 is 39.4. The van der Waals surface area contributed by atoms with E-state index < -0.39 is 17.5 Å². The highest BCUT2D eigenvalue weighted by molar-refractivity contribution is 5.78. The Balaban J connectivity index is 1.99. The van der Waals surface area contributed by atoms with E-state index >= 15 is 0 Å². The molecule has 0 amide bonds. The number of nitrogens with zero attached hydrogens (tertiary/aromatic N) is 1. The summed E-state index contributed by atoms with van der Waals surface area (Å²) in [6, 6.07) is 9.17. The van der Waals surface area contributed by atoms with E-state index in [9.17, 15) is 13.2 Å². The van der Waals surface area contributed by atoms with Gasteiger partial charge in [-0.2, -0.15) is 0 Å². The average Bonchev–Trinajstić information content (AvgIpc) is 2.82. The van der Waals surface area contributed by atoms with E-state index in [0.29, 0.717) is 5.52 Å². The first-order valence-electron chi connectivity index (χ1n) is 5.50. The zero-order valence-electron chi connectivity index (χ0n) is 9.55. The smallest absolute Gasteiger partial charge is 0.205 e. The van der Waals surface area contributed by atoms with Crippen LogP contribution in [-0.2, 0) is 0 Å². The van der Waals surface area contributed by atoms with Crippen molar-refractivity contribution < 1.29 is 13.2 Å². The lowest BCUT2D eigenvalue weighted by Crippen LogP contribution is -1.99. The molecule has 6 heteroatoms. The molecule has 0 radical (unpaired) electrons. The number of H-pyrrole nitrogens is 1. The average molecular weight is 263 g/mol. The molecular formula is C13H8F3N3. The number of fused-ring (bicyclic) bond motifs is 1. The lowest BCUT2D eigenvalue weighted by atomic mass is 10.3. The molecule has 3 aromatic rings. The van der Waals surface area contributed by atoms with Crippen LogP contribution < -0.4 is 5.32 Å². The summed E-state index contributed by atoms with van der Waals surface area (Å²) in [6.07, 6.45) is 0. The number of hydrogen-bond donors (Lipinski definition) is 2. The van der Waals surface area contributed by atoms with Gasteiger partial charge in [0, 0.05) is 0 Å². The molecule has 0 aliphatic heterocycles. The molecule has 96 valence electrons. The monoisotopic (exact) mass is 263 g/mol. The molecule has 2 aromatic carbocycles. The minimum Gasteiger partial charge on any atom is -0.324 e. The van der Waals surface area contributed by atoms with Crippen LogP contribution in [0.1, 0.15) is 0 Å². The maximum Gasteiger partial charge on any atom is 0.205 e. The van der Waals surface area contributed by atoms with E-state index in [0.717, 1.165) is 17.6 Å². The second-order valence-corrected chi connectivity index (χ2v) is 3.95. The van der Waals surface area contributed by atoms with Gasteiger partial charge in [0.1, 0.15) is 0 Å². The van der Waals surface area contributed by atoms with Crippen molar-refractivity contribution >= 4 is 22.7 Å². The first-order valence-corrected chi connectivity index (χ1v) is 5.50. The normalized spacial score (nSPS) is 10.9. The van der Waals surface area contributed by atoms with Crippen molar-refractivity contribution in [2.45, 2.75) is 0 Å². The fourth-order valence-electron chi connectivity index (χ4n) is 1.76. The summed E-state index contributed by atoms with van der Waals surface area (Å²) in [5.41, 5.74) is 1.26. The van der Waals surface area contributed by atoms with Crippen LogP contribution in [0.3, 0.4) is 0 Å². The van der Waals surface area contributed by atoms with Gasteiger partial charge in [0.15, 0.2) is 17.5 Å². The highest BCUT2D eigenvalue weighted by Crippen LogP contribution is 2.23. The van der Waals surface area contributed by atoms with Crippen molar-refractivity contribution in [1.82, 2.24) is 9.97 Å². The molecule has 0 aliphatic carbocycles. The molecule has 0 bridgehead atoms. The first-order chi connectivity index (χ1) is 9.15. The zero-order chi connectivity index (χ0) is 13.4. The lowest BCUT2D eigenvalue weighted by molar-refractivity contribution is 0.449. The molecule has 2 N–H and O–H groups in total. The SMILES string of the molecule is Fc1ccc(Nc2nc3ccccc3[nH]2)c(F)c1F. The molecule has 0 saturated heterocycles. The van der Waals surface area contributed by atoms with Crippen molar-refractivity contribution in [2.75, 3.05) is 5.32 Å². The van der Waals surface area contributed by atoms with Crippen LogP contribution in [0.4, 0.5) is 24.8 Å². The first kappa shape index (κ1) is 11.6. The fourth-order valence-corrected chi connectivity index (χ4v) is 1.76. The predicted molar refractivity (Wildman–Crippen MR) is 65.7 cm³/mol. The number of hydrogen-bond acceptors (Lipinski definition) is 2. The quantitative estimate of drug-likeness (QED) is 0.692. The van der Waals surface area contributed by atoms with Crippen LogP contribution in [-0.4, -0.2) is 9.97 Å². The van der Waals surface area contributed by atoms with E-state index in [1.807, 2.05) is 12.1 Å². The molecular weight excluding hydrogens is 255 g/mol. The number of para-hydroxylation sites is 2. The standard InChI is InChI=1S/C13H8F3N3/c14-7-5-6-10(12(16)11(7)15)19-13-17-8-3-1-2-4-9(8)18-13/h1-6H,(H2,17,18,19). The van der Waals surface area contributed by atoms with Crippen LogP contribution >= 0.6 is 0 Å². The second kappa shape index (κ2) is 4.31. The van der Waals surface area contributed by atoms with Gasteiger partial charge in [-0.05, 0) is 24.3 Å². The molecule has 0 unspecified atom stereocenters. The Morgan fingerprint density at radius 2 is 1.74 bits per heavy atom. The van der Waals surface area contributed by atoms with Crippen LogP contribution in [0.15, 0.2) is 36.4 Å². The van der Waals surface area contributed by atoms with Crippen molar-refractivity contribution in [2.24, 2.45) is 0 Å². The van der Waals surface area contributed by atoms with Crippen molar-refractivity contribution in [3.63, 3.8) is 0 Å². The van der Waals surface area contributed by atoms with Crippen LogP contribution in [0.2, 0.25) is 0 Å². The number of nitrogens with one attached hydrogen (secondary N) is 2. The van der Waals surface area contributed by atoms with Gasteiger partial charge in [-0.1, -0.05) is 12.1 Å². The molecule has 1 aromatic heterocycles. The van der Waals surface area contributed by atoms with E-state index in [4.69, 9.17) is 0 Å². The van der Waals surface area contributed by atoms with Crippen LogP contribution in [0, 0.1) is 17.5 Å². The van der Waals surface area contributed by atoms with Gasteiger partial charge in [0.05, 0.1) is 16.7 Å². The van der Waals surface area contributed by atoms with Gasteiger partial charge in [-0.25, -0.2) is 18.2 Å². The highest BCUT2D eigenvalue weighted by Gasteiger charge is 2.14. The summed E-state index contributed by atoms with van der Waals surface area (Å²) in [6.45, 7) is 0. The summed E-state index contributed by atoms with van der Waals surface area (Å²) in [7, 11) is 0. The van der Waals surface area contributed by atoms with Gasteiger partial charge in [0.25, 0.3) is 0 Å². The maximum absolute atomic E-state index is 13.5. The van der Waals surface area contributed by atoms with E-state index in [2.05, 4.69) is 15.3 Å². The minimum atomic E-state index is -1.51. The van der Waals surface area contributed by atoms with Gasteiger partial charge >= 0.3 is 0 Å². The predicted octanol–water partition coefficient (Wildman–Crippen LogP) is 3.72. The molecule has 0 saturated carbocycles. The lowest BCUT2D eigenvalue weighted by Gasteiger charge is -2.05. The second-order valence-electron chi connectivity index (χ2n) is 3.95. The van der Waals surface area contributed by atoms with Gasteiger partial charge in [-0.15, -0.1) is 0 Å². The summed E-state index contributed by atoms with van der Waals surface area (Å²) >= 11 is 0. The van der Waals surface area contributed by atoms with Gasteiger partial charge in [0.2, 0.25) is 5.95 Å². The summed E-state index contributed by atoms with van der Waals surface area (Å²) in [5.74, 6) is -3.76. The number of aromatic nitrogens is 2. The van der Waals surface area contributed by atoms with Crippen LogP contribution in [0.25, 0.3) is 11.0 Å². The Bertz CT molecular complexity index is 719. The fraction of sp³-hybridized carbons (Fsp3) is 0. The number of halogens is 3.